The van der Waals surface area contributed by atoms with Crippen molar-refractivity contribution in [2.75, 3.05) is 17.7 Å². The molecule has 0 spiro atoms. The first kappa shape index (κ1) is 12.3. The Labute approximate surface area is 106 Å². The summed E-state index contributed by atoms with van der Waals surface area (Å²) < 4.78 is 1.74. The average Bonchev–Trinajstić information content (AvgIpc) is 2.74. The van der Waals surface area contributed by atoms with Gasteiger partial charge in [0.25, 0.3) is 0 Å². The minimum absolute atomic E-state index is 0.285. The minimum Gasteiger partial charge on any atom is -0.373 e. The van der Waals surface area contributed by atoms with Crippen LogP contribution in [0.25, 0.3) is 0 Å². The Morgan fingerprint density at radius 2 is 1.94 bits per heavy atom. The van der Waals surface area contributed by atoms with E-state index in [1.54, 1.807) is 10.9 Å². The molecule has 0 aliphatic carbocycles. The van der Waals surface area contributed by atoms with Crippen molar-refractivity contribution < 1.29 is 0 Å². The third-order valence-electron chi connectivity index (χ3n) is 2.49. The topological polar surface area (TPSA) is 67.7 Å². The summed E-state index contributed by atoms with van der Waals surface area (Å²) in [7, 11) is 3.73. The second kappa shape index (κ2) is 5.03. The molecule has 0 amide bonds. The van der Waals surface area contributed by atoms with Crippen LogP contribution in [0.2, 0.25) is 0 Å². The van der Waals surface area contributed by atoms with E-state index in [0.717, 1.165) is 23.1 Å². The van der Waals surface area contributed by atoms with E-state index in [4.69, 9.17) is 0 Å². The first-order chi connectivity index (χ1) is 8.58. The number of nitrogens with zero attached hydrogens (tertiary/aromatic N) is 4. The summed E-state index contributed by atoms with van der Waals surface area (Å²) >= 11 is 0. The molecule has 0 fully saturated rings. The summed E-state index contributed by atoms with van der Waals surface area (Å²) in [6.45, 7) is 4.14. The standard InChI is InChI=1S/C12H18N6/c1-8(2)12-16-10(13-3)5-11(17-12)15-9-6-14-18(4)7-9/h5-8H,1-4H3,(H2,13,15,16,17). The number of aromatic nitrogens is 4. The second-order valence-corrected chi connectivity index (χ2v) is 4.43. The molecule has 96 valence electrons. The van der Waals surface area contributed by atoms with Gasteiger partial charge in [-0.25, -0.2) is 9.97 Å². The predicted octanol–water partition coefficient (Wildman–Crippen LogP) is 2.12. The molecule has 2 aromatic rings. The number of anilines is 3. The molecule has 0 radical (unpaired) electrons. The molecule has 2 aromatic heterocycles. The van der Waals surface area contributed by atoms with E-state index in [-0.39, 0.29) is 5.92 Å². The van der Waals surface area contributed by atoms with Gasteiger partial charge in [-0.2, -0.15) is 5.10 Å². The van der Waals surface area contributed by atoms with Crippen molar-refractivity contribution in [2.45, 2.75) is 19.8 Å². The third-order valence-corrected chi connectivity index (χ3v) is 2.49. The lowest BCUT2D eigenvalue weighted by Gasteiger charge is -2.10. The summed E-state index contributed by atoms with van der Waals surface area (Å²) in [5.74, 6) is 2.67. The van der Waals surface area contributed by atoms with Gasteiger partial charge in [0.15, 0.2) is 0 Å². The third kappa shape index (κ3) is 2.77. The lowest BCUT2D eigenvalue weighted by molar-refractivity contribution is 0.768. The SMILES string of the molecule is CNc1cc(Nc2cnn(C)c2)nc(C(C)C)n1. The van der Waals surface area contributed by atoms with Crippen LogP contribution in [0.4, 0.5) is 17.3 Å². The van der Waals surface area contributed by atoms with Crippen molar-refractivity contribution in [3.63, 3.8) is 0 Å². The smallest absolute Gasteiger partial charge is 0.136 e. The van der Waals surface area contributed by atoms with Crippen LogP contribution < -0.4 is 10.6 Å². The van der Waals surface area contributed by atoms with Crippen molar-refractivity contribution >= 4 is 17.3 Å². The van der Waals surface area contributed by atoms with Crippen molar-refractivity contribution in [1.29, 1.82) is 0 Å². The lowest BCUT2D eigenvalue weighted by atomic mass is 10.2. The largest absolute Gasteiger partial charge is 0.373 e. The molecule has 0 saturated carbocycles. The lowest BCUT2D eigenvalue weighted by Crippen LogP contribution is -2.04. The number of rotatable bonds is 4. The van der Waals surface area contributed by atoms with Crippen LogP contribution in [0.1, 0.15) is 25.6 Å². The molecule has 0 unspecified atom stereocenters. The van der Waals surface area contributed by atoms with Crippen LogP contribution in [-0.4, -0.2) is 26.8 Å². The van der Waals surface area contributed by atoms with Gasteiger partial charge in [0.05, 0.1) is 11.9 Å². The molecule has 2 N–H and O–H groups in total. The molecule has 0 aliphatic rings. The highest BCUT2D eigenvalue weighted by atomic mass is 15.3. The Hall–Kier alpha value is -2.11. The van der Waals surface area contributed by atoms with Gasteiger partial charge in [0.1, 0.15) is 17.5 Å². The van der Waals surface area contributed by atoms with Crippen molar-refractivity contribution in [2.24, 2.45) is 7.05 Å². The molecule has 6 nitrogen and oxygen atoms in total. The Bertz CT molecular complexity index is 531. The summed E-state index contributed by atoms with van der Waals surface area (Å²) in [4.78, 5) is 8.90. The van der Waals surface area contributed by atoms with E-state index >= 15 is 0 Å². The number of aryl methyl sites for hydroxylation is 1. The van der Waals surface area contributed by atoms with Crippen LogP contribution in [0, 0.1) is 0 Å². The van der Waals surface area contributed by atoms with Gasteiger partial charge in [-0.1, -0.05) is 13.8 Å². The Morgan fingerprint density at radius 1 is 1.22 bits per heavy atom. The fourth-order valence-corrected chi connectivity index (χ4v) is 1.55. The zero-order valence-corrected chi connectivity index (χ0v) is 11.1. The number of nitrogens with one attached hydrogen (secondary N) is 2. The molecule has 0 aromatic carbocycles. The fraction of sp³-hybridized carbons (Fsp3) is 0.417. The molecule has 2 heterocycles. The molecule has 6 heteroatoms. The maximum Gasteiger partial charge on any atom is 0.136 e. The predicted molar refractivity (Wildman–Crippen MR) is 72.2 cm³/mol. The molecule has 0 bridgehead atoms. The molecular weight excluding hydrogens is 228 g/mol. The molecule has 0 aliphatic heterocycles. The van der Waals surface area contributed by atoms with E-state index in [2.05, 4.69) is 39.5 Å². The van der Waals surface area contributed by atoms with Crippen LogP contribution in [-0.2, 0) is 7.05 Å². The first-order valence-corrected chi connectivity index (χ1v) is 5.91. The van der Waals surface area contributed by atoms with Crippen LogP contribution in [0.5, 0.6) is 0 Å². The molecular formula is C12H18N6. The maximum absolute atomic E-state index is 4.49. The van der Waals surface area contributed by atoms with Crippen molar-refractivity contribution in [1.82, 2.24) is 19.7 Å². The van der Waals surface area contributed by atoms with Crippen LogP contribution >= 0.6 is 0 Å². The van der Waals surface area contributed by atoms with E-state index in [9.17, 15) is 0 Å². The Balaban J connectivity index is 2.29. The van der Waals surface area contributed by atoms with Crippen LogP contribution in [0.15, 0.2) is 18.5 Å². The highest BCUT2D eigenvalue weighted by Gasteiger charge is 2.08. The Morgan fingerprint density at radius 3 is 2.50 bits per heavy atom. The van der Waals surface area contributed by atoms with E-state index in [1.807, 2.05) is 26.4 Å². The monoisotopic (exact) mass is 246 g/mol. The van der Waals surface area contributed by atoms with Gasteiger partial charge in [0, 0.05) is 32.3 Å². The summed E-state index contributed by atoms with van der Waals surface area (Å²) in [5.41, 5.74) is 0.910. The first-order valence-electron chi connectivity index (χ1n) is 5.91. The second-order valence-electron chi connectivity index (χ2n) is 4.43. The van der Waals surface area contributed by atoms with Gasteiger partial charge in [-0.05, 0) is 0 Å². The zero-order chi connectivity index (χ0) is 13.1. The zero-order valence-electron chi connectivity index (χ0n) is 11.1. The Kier molecular flexibility index (Phi) is 3.45. The highest BCUT2D eigenvalue weighted by molar-refractivity contribution is 5.57. The van der Waals surface area contributed by atoms with Gasteiger partial charge in [-0.15, -0.1) is 0 Å². The summed E-state index contributed by atoms with van der Waals surface area (Å²) in [5, 5.41) is 10.4. The fourth-order valence-electron chi connectivity index (χ4n) is 1.55. The normalized spacial score (nSPS) is 10.7. The maximum atomic E-state index is 4.49. The minimum atomic E-state index is 0.285. The van der Waals surface area contributed by atoms with Crippen molar-refractivity contribution in [3.05, 3.63) is 24.3 Å². The van der Waals surface area contributed by atoms with Gasteiger partial charge in [0.2, 0.25) is 0 Å². The van der Waals surface area contributed by atoms with E-state index in [1.165, 1.54) is 0 Å². The summed E-state index contributed by atoms with van der Waals surface area (Å²) in [6.07, 6.45) is 3.66. The van der Waals surface area contributed by atoms with Crippen molar-refractivity contribution in [3.8, 4) is 0 Å². The number of hydrogen-bond acceptors (Lipinski definition) is 5. The quantitative estimate of drug-likeness (QED) is 0.865. The van der Waals surface area contributed by atoms with E-state index < -0.39 is 0 Å². The molecule has 0 atom stereocenters. The van der Waals surface area contributed by atoms with Crippen LogP contribution in [0.3, 0.4) is 0 Å². The van der Waals surface area contributed by atoms with Gasteiger partial charge >= 0.3 is 0 Å². The number of hydrogen-bond donors (Lipinski definition) is 2. The molecule has 2 rings (SSSR count). The summed E-state index contributed by atoms with van der Waals surface area (Å²) in [6, 6.07) is 1.87. The molecule has 18 heavy (non-hydrogen) atoms. The van der Waals surface area contributed by atoms with E-state index in [0.29, 0.717) is 0 Å². The highest BCUT2D eigenvalue weighted by Crippen LogP contribution is 2.19. The molecule has 0 saturated heterocycles. The van der Waals surface area contributed by atoms with Gasteiger partial charge < -0.3 is 10.6 Å². The van der Waals surface area contributed by atoms with Gasteiger partial charge in [-0.3, -0.25) is 4.68 Å². The average molecular weight is 246 g/mol.